The lowest BCUT2D eigenvalue weighted by molar-refractivity contribution is -0.119. The second-order valence-electron chi connectivity index (χ2n) is 5.85. The number of hydrazone groups is 1. The highest BCUT2D eigenvalue weighted by Gasteiger charge is 2.06. The van der Waals surface area contributed by atoms with E-state index < -0.39 is 5.97 Å². The second-order valence-corrected chi connectivity index (χ2v) is 5.85. The van der Waals surface area contributed by atoms with Crippen LogP contribution in [0, 0.1) is 20.8 Å². The number of nitrogens with zero attached hydrogens (tertiary/aromatic N) is 1. The van der Waals surface area contributed by atoms with Gasteiger partial charge in [0.05, 0.1) is 18.3 Å². The molecule has 1 amide bonds. The molecule has 3 N–H and O–H groups in total. The molecule has 0 saturated carbocycles. The van der Waals surface area contributed by atoms with Crippen LogP contribution >= 0.6 is 0 Å². The quantitative estimate of drug-likeness (QED) is 0.557. The molecule has 0 fully saturated rings. The van der Waals surface area contributed by atoms with Gasteiger partial charge in [0.25, 0.3) is 5.91 Å². The summed E-state index contributed by atoms with van der Waals surface area (Å²) in [5.41, 5.74) is 7.66. The van der Waals surface area contributed by atoms with Crippen molar-refractivity contribution in [2.45, 2.75) is 20.8 Å². The van der Waals surface area contributed by atoms with Gasteiger partial charge in [0.2, 0.25) is 0 Å². The average molecular weight is 339 g/mol. The lowest BCUT2D eigenvalue weighted by atomic mass is 10.1. The highest BCUT2D eigenvalue weighted by Crippen LogP contribution is 2.21. The van der Waals surface area contributed by atoms with Gasteiger partial charge in [-0.05, 0) is 49.6 Å². The summed E-state index contributed by atoms with van der Waals surface area (Å²) in [5, 5.41) is 15.8. The van der Waals surface area contributed by atoms with Gasteiger partial charge >= 0.3 is 5.97 Å². The molecule has 2 aromatic carbocycles. The van der Waals surface area contributed by atoms with Crippen LogP contribution in [0.5, 0.6) is 0 Å². The number of hydrogen-bond acceptors (Lipinski definition) is 4. The molecule has 0 unspecified atom stereocenters. The van der Waals surface area contributed by atoms with Gasteiger partial charge in [0.1, 0.15) is 0 Å². The first-order valence-electron chi connectivity index (χ1n) is 7.84. The van der Waals surface area contributed by atoms with Crippen molar-refractivity contribution >= 4 is 23.8 Å². The van der Waals surface area contributed by atoms with Crippen LogP contribution in [0.25, 0.3) is 0 Å². The topological polar surface area (TPSA) is 90.8 Å². The van der Waals surface area contributed by atoms with Gasteiger partial charge in [0, 0.05) is 5.69 Å². The first kappa shape index (κ1) is 18.2. The standard InChI is InChI=1S/C19H21N3O3/c1-12-8-13(2)18(14(3)9-12)20-11-17(23)22-21-10-15-4-6-16(7-5-15)19(24)25/h4-10,20H,11H2,1-3H3,(H,22,23)(H,24,25)/b21-10-. The summed E-state index contributed by atoms with van der Waals surface area (Å²) in [6.07, 6.45) is 1.46. The van der Waals surface area contributed by atoms with E-state index in [1.165, 1.54) is 23.9 Å². The van der Waals surface area contributed by atoms with Crippen molar-refractivity contribution in [3.63, 3.8) is 0 Å². The third-order valence-corrected chi connectivity index (χ3v) is 3.66. The summed E-state index contributed by atoms with van der Waals surface area (Å²) in [6, 6.07) is 10.3. The fraction of sp³-hybridized carbons (Fsp3) is 0.211. The minimum Gasteiger partial charge on any atom is -0.478 e. The van der Waals surface area contributed by atoms with E-state index in [0.29, 0.717) is 5.56 Å². The molecule has 6 nitrogen and oxygen atoms in total. The molecule has 0 spiro atoms. The molecule has 0 aliphatic heterocycles. The van der Waals surface area contributed by atoms with Crippen LogP contribution in [-0.2, 0) is 4.79 Å². The van der Waals surface area contributed by atoms with Gasteiger partial charge in [-0.3, -0.25) is 4.79 Å². The molecule has 0 atom stereocenters. The van der Waals surface area contributed by atoms with Crippen LogP contribution in [-0.4, -0.2) is 29.7 Å². The van der Waals surface area contributed by atoms with Gasteiger partial charge < -0.3 is 10.4 Å². The number of carbonyl (C=O) groups excluding carboxylic acids is 1. The summed E-state index contributed by atoms with van der Waals surface area (Å²) in [4.78, 5) is 22.6. The van der Waals surface area contributed by atoms with Crippen LogP contribution < -0.4 is 10.7 Å². The number of amides is 1. The molecule has 0 aliphatic rings. The molecular weight excluding hydrogens is 318 g/mol. The number of benzene rings is 2. The smallest absolute Gasteiger partial charge is 0.335 e. The van der Waals surface area contributed by atoms with Crippen molar-refractivity contribution in [2.24, 2.45) is 5.10 Å². The van der Waals surface area contributed by atoms with Crippen LogP contribution in [0.4, 0.5) is 5.69 Å². The average Bonchev–Trinajstić information content (AvgIpc) is 2.54. The zero-order valence-electron chi connectivity index (χ0n) is 14.5. The summed E-state index contributed by atoms with van der Waals surface area (Å²) in [7, 11) is 0. The van der Waals surface area contributed by atoms with Crippen molar-refractivity contribution in [1.29, 1.82) is 0 Å². The Morgan fingerprint density at radius 3 is 2.24 bits per heavy atom. The predicted molar refractivity (Wildman–Crippen MR) is 98.3 cm³/mol. The maximum atomic E-state index is 11.9. The van der Waals surface area contributed by atoms with E-state index in [4.69, 9.17) is 5.11 Å². The predicted octanol–water partition coefficient (Wildman–Crippen LogP) is 2.87. The molecule has 130 valence electrons. The number of anilines is 1. The van der Waals surface area contributed by atoms with E-state index in [1.807, 2.05) is 20.8 Å². The Kier molecular flexibility index (Phi) is 5.89. The van der Waals surface area contributed by atoms with Gasteiger partial charge in [-0.2, -0.15) is 5.10 Å². The number of hydrogen-bond donors (Lipinski definition) is 3. The van der Waals surface area contributed by atoms with Gasteiger partial charge in [0.15, 0.2) is 0 Å². The third-order valence-electron chi connectivity index (χ3n) is 3.66. The summed E-state index contributed by atoms with van der Waals surface area (Å²) < 4.78 is 0. The van der Waals surface area contributed by atoms with Gasteiger partial charge in [-0.25, -0.2) is 10.2 Å². The first-order chi connectivity index (χ1) is 11.9. The van der Waals surface area contributed by atoms with Crippen LogP contribution in [0.1, 0.15) is 32.6 Å². The lowest BCUT2D eigenvalue weighted by Crippen LogP contribution is -2.26. The number of carbonyl (C=O) groups is 2. The Morgan fingerprint density at radius 2 is 1.68 bits per heavy atom. The van der Waals surface area contributed by atoms with E-state index in [-0.39, 0.29) is 18.0 Å². The van der Waals surface area contributed by atoms with Crippen LogP contribution in [0.3, 0.4) is 0 Å². The molecular formula is C19H21N3O3. The number of aryl methyl sites for hydroxylation is 3. The molecule has 25 heavy (non-hydrogen) atoms. The number of rotatable bonds is 6. The van der Waals surface area contributed by atoms with Crippen molar-refractivity contribution < 1.29 is 14.7 Å². The molecule has 2 rings (SSSR count). The Morgan fingerprint density at radius 1 is 1.08 bits per heavy atom. The Labute approximate surface area is 146 Å². The highest BCUT2D eigenvalue weighted by molar-refractivity contribution is 5.89. The van der Waals surface area contributed by atoms with E-state index in [1.54, 1.807) is 12.1 Å². The van der Waals surface area contributed by atoms with Crippen molar-refractivity contribution in [3.8, 4) is 0 Å². The van der Waals surface area contributed by atoms with Crippen molar-refractivity contribution in [1.82, 2.24) is 5.43 Å². The summed E-state index contributed by atoms with van der Waals surface area (Å²) in [5.74, 6) is -1.25. The number of carboxylic acids is 1. The molecule has 0 bridgehead atoms. The normalized spacial score (nSPS) is 10.7. The Bertz CT molecular complexity index is 788. The molecule has 2 aromatic rings. The Hall–Kier alpha value is -3.15. The zero-order valence-corrected chi connectivity index (χ0v) is 14.5. The van der Waals surface area contributed by atoms with Gasteiger partial charge in [-0.15, -0.1) is 0 Å². The fourth-order valence-electron chi connectivity index (χ4n) is 2.56. The minimum absolute atomic E-state index is 0.111. The van der Waals surface area contributed by atoms with E-state index in [0.717, 1.165) is 16.8 Å². The summed E-state index contributed by atoms with van der Waals surface area (Å²) >= 11 is 0. The Balaban J connectivity index is 1.87. The maximum absolute atomic E-state index is 11.9. The molecule has 0 aliphatic carbocycles. The largest absolute Gasteiger partial charge is 0.478 e. The monoisotopic (exact) mass is 339 g/mol. The molecule has 0 heterocycles. The maximum Gasteiger partial charge on any atom is 0.335 e. The van der Waals surface area contributed by atoms with E-state index in [2.05, 4.69) is 28.0 Å². The molecule has 6 heteroatoms. The fourth-order valence-corrected chi connectivity index (χ4v) is 2.56. The number of carboxylic acid groups (broad SMARTS) is 1. The second kappa shape index (κ2) is 8.10. The number of aromatic carboxylic acids is 1. The summed E-state index contributed by atoms with van der Waals surface area (Å²) in [6.45, 7) is 6.15. The SMILES string of the molecule is Cc1cc(C)c(NCC(=O)N/N=C\c2ccc(C(=O)O)cc2)c(C)c1. The minimum atomic E-state index is -0.982. The zero-order chi connectivity index (χ0) is 18.4. The lowest BCUT2D eigenvalue weighted by Gasteiger charge is -2.13. The van der Waals surface area contributed by atoms with Crippen LogP contribution in [0.15, 0.2) is 41.5 Å². The van der Waals surface area contributed by atoms with E-state index >= 15 is 0 Å². The van der Waals surface area contributed by atoms with Crippen LogP contribution in [0.2, 0.25) is 0 Å². The number of nitrogens with one attached hydrogen (secondary N) is 2. The first-order valence-corrected chi connectivity index (χ1v) is 7.84. The molecule has 0 radical (unpaired) electrons. The van der Waals surface area contributed by atoms with Gasteiger partial charge in [-0.1, -0.05) is 29.8 Å². The molecule has 0 aromatic heterocycles. The van der Waals surface area contributed by atoms with Crippen molar-refractivity contribution in [2.75, 3.05) is 11.9 Å². The third kappa shape index (κ3) is 5.17. The highest BCUT2D eigenvalue weighted by atomic mass is 16.4. The molecule has 0 saturated heterocycles. The van der Waals surface area contributed by atoms with Crippen molar-refractivity contribution in [3.05, 3.63) is 64.2 Å². The van der Waals surface area contributed by atoms with E-state index in [9.17, 15) is 9.59 Å².